The van der Waals surface area contributed by atoms with Crippen molar-refractivity contribution in [1.82, 2.24) is 4.31 Å². The van der Waals surface area contributed by atoms with Crippen molar-refractivity contribution in [1.29, 1.82) is 0 Å². The topological polar surface area (TPSA) is 130 Å². The van der Waals surface area contributed by atoms with Crippen LogP contribution in [0, 0.1) is 23.0 Å². The van der Waals surface area contributed by atoms with E-state index in [1.165, 1.54) is 16.4 Å². The molecule has 1 aliphatic heterocycles. The number of aromatic hydroxyl groups is 1. The lowest BCUT2D eigenvalue weighted by molar-refractivity contribution is -0.385. The van der Waals surface area contributed by atoms with E-state index < -0.39 is 20.9 Å². The van der Waals surface area contributed by atoms with Crippen molar-refractivity contribution < 1.29 is 23.2 Å². The van der Waals surface area contributed by atoms with E-state index in [0.717, 1.165) is 17.7 Å². The van der Waals surface area contributed by atoms with Gasteiger partial charge in [-0.15, -0.1) is 0 Å². The highest BCUT2D eigenvalue weighted by Gasteiger charge is 2.34. The summed E-state index contributed by atoms with van der Waals surface area (Å²) in [7, 11) is -4.04. The number of non-ortho nitro benzene ring substituents is 1. The van der Waals surface area contributed by atoms with E-state index in [2.05, 4.69) is 5.32 Å². The third-order valence-electron chi connectivity index (χ3n) is 4.98. The summed E-state index contributed by atoms with van der Waals surface area (Å²) < 4.78 is 27.0. The number of aryl methyl sites for hydroxylation is 1. The van der Waals surface area contributed by atoms with Crippen LogP contribution in [-0.4, -0.2) is 41.7 Å². The minimum absolute atomic E-state index is 0.0383. The number of nitrogens with one attached hydrogen (secondary N) is 1. The number of nitro groups is 1. The van der Waals surface area contributed by atoms with Gasteiger partial charge in [0.05, 0.1) is 15.6 Å². The molecule has 2 N–H and O–H groups in total. The lowest BCUT2D eigenvalue weighted by atomic mass is 9.97. The van der Waals surface area contributed by atoms with Gasteiger partial charge in [-0.1, -0.05) is 17.7 Å². The molecule has 1 heterocycles. The molecular weight excluding hydrogens is 434 g/mol. The number of rotatable bonds is 5. The van der Waals surface area contributed by atoms with E-state index in [9.17, 15) is 28.4 Å². The number of sulfonamides is 1. The molecule has 0 spiro atoms. The molecule has 2 aromatic carbocycles. The van der Waals surface area contributed by atoms with Gasteiger partial charge in [-0.2, -0.15) is 4.31 Å². The fraction of sp³-hybridized carbons (Fsp3) is 0.316. The lowest BCUT2D eigenvalue weighted by Gasteiger charge is -2.30. The second-order valence-corrected chi connectivity index (χ2v) is 9.37. The number of carbonyl (C=O) groups is 1. The van der Waals surface area contributed by atoms with Gasteiger partial charge < -0.3 is 10.4 Å². The minimum atomic E-state index is -4.04. The van der Waals surface area contributed by atoms with Crippen molar-refractivity contribution in [2.45, 2.75) is 24.7 Å². The third-order valence-corrected chi connectivity index (χ3v) is 7.36. The Labute approximate surface area is 178 Å². The zero-order valence-corrected chi connectivity index (χ0v) is 17.6. The van der Waals surface area contributed by atoms with Gasteiger partial charge in [-0.3, -0.25) is 14.9 Å². The number of hydrogen-bond acceptors (Lipinski definition) is 6. The molecule has 1 fully saturated rings. The second kappa shape index (κ2) is 8.58. The summed E-state index contributed by atoms with van der Waals surface area (Å²) in [6.45, 7) is 1.95. The number of phenols is 1. The van der Waals surface area contributed by atoms with Gasteiger partial charge >= 0.3 is 0 Å². The number of benzene rings is 2. The number of amides is 1. The van der Waals surface area contributed by atoms with Crippen LogP contribution >= 0.6 is 11.6 Å². The van der Waals surface area contributed by atoms with Crippen molar-refractivity contribution in [3.05, 3.63) is 57.1 Å². The molecule has 2 aromatic rings. The van der Waals surface area contributed by atoms with Crippen LogP contribution in [0.5, 0.6) is 5.75 Å². The van der Waals surface area contributed by atoms with Crippen molar-refractivity contribution >= 4 is 38.9 Å². The number of anilines is 1. The molecule has 0 unspecified atom stereocenters. The van der Waals surface area contributed by atoms with Gasteiger partial charge in [-0.25, -0.2) is 8.42 Å². The summed E-state index contributed by atoms with van der Waals surface area (Å²) in [5.74, 6) is -0.777. The van der Waals surface area contributed by atoms with Crippen LogP contribution in [0.25, 0.3) is 0 Å². The summed E-state index contributed by atoms with van der Waals surface area (Å²) in [5.41, 5.74) is 0.776. The SMILES string of the molecule is Cc1ccc(NC(=O)C2CCN(S(=O)(=O)c3cc([N+](=O)[O-])ccc3Cl)CC2)c(O)c1. The number of halogens is 1. The highest BCUT2D eigenvalue weighted by molar-refractivity contribution is 7.89. The van der Waals surface area contributed by atoms with Crippen LogP contribution in [0.3, 0.4) is 0 Å². The highest BCUT2D eigenvalue weighted by atomic mass is 35.5. The van der Waals surface area contributed by atoms with Gasteiger partial charge in [0.15, 0.2) is 0 Å². The van der Waals surface area contributed by atoms with Crippen molar-refractivity contribution in [3.8, 4) is 5.75 Å². The summed E-state index contributed by atoms with van der Waals surface area (Å²) >= 11 is 5.98. The summed E-state index contributed by atoms with van der Waals surface area (Å²) in [4.78, 5) is 22.5. The molecule has 1 aliphatic rings. The lowest BCUT2D eigenvalue weighted by Crippen LogP contribution is -2.41. The summed E-state index contributed by atoms with van der Waals surface area (Å²) in [5, 5.41) is 23.5. The Hall–Kier alpha value is -2.69. The molecule has 0 saturated carbocycles. The molecule has 11 heteroatoms. The molecule has 0 atom stereocenters. The standard InChI is InChI=1S/C19H20ClN3O6S/c1-12-2-5-16(17(24)10-12)21-19(25)13-6-8-22(9-7-13)30(28,29)18-11-14(23(26)27)3-4-15(18)20/h2-5,10-11,13,24H,6-9H2,1H3,(H,21,25). The van der Waals surface area contributed by atoms with Crippen molar-refractivity contribution in [2.24, 2.45) is 5.92 Å². The van der Waals surface area contributed by atoms with Gasteiger partial charge in [0.2, 0.25) is 15.9 Å². The van der Waals surface area contributed by atoms with E-state index in [-0.39, 0.29) is 53.2 Å². The van der Waals surface area contributed by atoms with E-state index in [1.807, 2.05) is 6.92 Å². The van der Waals surface area contributed by atoms with Gasteiger partial charge in [-0.05, 0) is 43.5 Å². The average molecular weight is 454 g/mol. The quantitative estimate of drug-likeness (QED) is 0.406. The zero-order valence-electron chi connectivity index (χ0n) is 16.0. The van der Waals surface area contributed by atoms with Crippen LogP contribution < -0.4 is 5.32 Å². The Kier molecular flexibility index (Phi) is 6.30. The van der Waals surface area contributed by atoms with Gasteiger partial charge in [0, 0.05) is 31.1 Å². The number of hydrogen-bond donors (Lipinski definition) is 2. The Bertz CT molecular complexity index is 1100. The monoisotopic (exact) mass is 453 g/mol. The van der Waals surface area contributed by atoms with Crippen molar-refractivity contribution in [2.75, 3.05) is 18.4 Å². The van der Waals surface area contributed by atoms with E-state index in [0.29, 0.717) is 5.69 Å². The molecule has 0 bridgehead atoms. The summed E-state index contributed by atoms with van der Waals surface area (Å²) in [6.07, 6.45) is 0.536. The van der Waals surface area contributed by atoms with E-state index >= 15 is 0 Å². The number of nitro benzene ring substituents is 1. The Morgan fingerprint density at radius 3 is 2.50 bits per heavy atom. The maximum absolute atomic E-state index is 12.9. The van der Waals surface area contributed by atoms with Crippen LogP contribution in [0.4, 0.5) is 11.4 Å². The first-order chi connectivity index (χ1) is 14.1. The highest BCUT2D eigenvalue weighted by Crippen LogP contribution is 2.32. The van der Waals surface area contributed by atoms with Crippen molar-refractivity contribution in [3.63, 3.8) is 0 Å². The molecule has 0 aliphatic carbocycles. The molecule has 1 saturated heterocycles. The Morgan fingerprint density at radius 1 is 1.23 bits per heavy atom. The number of carbonyl (C=O) groups excluding carboxylic acids is 1. The molecule has 1 amide bonds. The Balaban J connectivity index is 1.69. The third kappa shape index (κ3) is 4.55. The van der Waals surface area contributed by atoms with E-state index in [4.69, 9.17) is 11.6 Å². The largest absolute Gasteiger partial charge is 0.506 e. The smallest absolute Gasteiger partial charge is 0.270 e. The first-order valence-corrected chi connectivity index (χ1v) is 11.0. The molecule has 160 valence electrons. The summed E-state index contributed by atoms with van der Waals surface area (Å²) in [6, 6.07) is 8.16. The molecule has 3 rings (SSSR count). The fourth-order valence-electron chi connectivity index (χ4n) is 3.28. The van der Waals surface area contributed by atoms with E-state index in [1.54, 1.807) is 12.1 Å². The molecule has 0 radical (unpaired) electrons. The van der Waals surface area contributed by atoms with Crippen LogP contribution in [0.15, 0.2) is 41.3 Å². The normalized spacial score (nSPS) is 15.7. The zero-order chi connectivity index (χ0) is 22.1. The fourth-order valence-corrected chi connectivity index (χ4v) is 5.25. The molecule has 0 aromatic heterocycles. The number of phenolic OH excluding ortho intramolecular Hbond substituents is 1. The molecule has 9 nitrogen and oxygen atoms in total. The van der Waals surface area contributed by atoms with Gasteiger partial charge in [0.25, 0.3) is 5.69 Å². The maximum atomic E-state index is 12.9. The van der Waals surface area contributed by atoms with Gasteiger partial charge in [0.1, 0.15) is 10.6 Å². The van der Waals surface area contributed by atoms with Crippen LogP contribution in [0.1, 0.15) is 18.4 Å². The average Bonchev–Trinajstić information content (AvgIpc) is 2.70. The number of piperidine rings is 1. The maximum Gasteiger partial charge on any atom is 0.270 e. The first-order valence-electron chi connectivity index (χ1n) is 9.14. The van der Waals surface area contributed by atoms with Crippen LogP contribution in [0.2, 0.25) is 5.02 Å². The molecule has 30 heavy (non-hydrogen) atoms. The minimum Gasteiger partial charge on any atom is -0.506 e. The first kappa shape index (κ1) is 22.0. The predicted octanol–water partition coefficient (Wildman–Crippen LogP) is 3.30. The van der Waals surface area contributed by atoms with Crippen LogP contribution in [-0.2, 0) is 14.8 Å². The Morgan fingerprint density at radius 2 is 1.90 bits per heavy atom. The number of nitrogens with zero attached hydrogens (tertiary/aromatic N) is 2. The predicted molar refractivity (Wildman–Crippen MR) is 111 cm³/mol. The molecular formula is C19H20ClN3O6S. The second-order valence-electron chi connectivity index (χ2n) is 7.06.